The van der Waals surface area contributed by atoms with E-state index in [1.165, 1.54) is 6.20 Å². The number of carbonyl (C=O) groups is 1. The van der Waals surface area contributed by atoms with Crippen LogP contribution in [0.5, 0.6) is 0 Å². The predicted molar refractivity (Wildman–Crippen MR) is 84.2 cm³/mol. The summed E-state index contributed by atoms with van der Waals surface area (Å²) in [5.74, 6) is 0.721. The highest BCUT2D eigenvalue weighted by atomic mass is 32.2. The van der Waals surface area contributed by atoms with Crippen LogP contribution in [0.25, 0.3) is 10.9 Å². The van der Waals surface area contributed by atoms with Crippen molar-refractivity contribution in [1.29, 1.82) is 0 Å². The van der Waals surface area contributed by atoms with Gasteiger partial charge in [0.15, 0.2) is 22.2 Å². The van der Waals surface area contributed by atoms with E-state index in [0.29, 0.717) is 22.8 Å². The summed E-state index contributed by atoms with van der Waals surface area (Å²) in [5, 5.41) is 4.51. The van der Waals surface area contributed by atoms with Crippen molar-refractivity contribution in [2.24, 2.45) is 0 Å². The van der Waals surface area contributed by atoms with Gasteiger partial charge in [-0.15, -0.1) is 0 Å². The van der Waals surface area contributed by atoms with Gasteiger partial charge in [0.1, 0.15) is 5.88 Å². The van der Waals surface area contributed by atoms with Crippen molar-refractivity contribution in [3.63, 3.8) is 0 Å². The lowest BCUT2D eigenvalue weighted by Crippen LogP contribution is -2.04. The van der Waals surface area contributed by atoms with Gasteiger partial charge in [-0.2, -0.15) is 0 Å². The number of aromatic nitrogens is 2. The molecule has 0 spiro atoms. The normalized spacial score (nSPS) is 14.7. The first-order chi connectivity index (χ1) is 11.1. The fraction of sp³-hybridized carbons (Fsp3) is 0.250. The minimum absolute atomic E-state index is 0.100. The second kappa shape index (κ2) is 5.34. The molecule has 7 heteroatoms. The average Bonchev–Trinajstić information content (AvgIpc) is 3.12. The summed E-state index contributed by atoms with van der Waals surface area (Å²) in [7, 11) is -2.54. The molecule has 0 bridgehead atoms. The molecule has 0 unspecified atom stereocenters. The number of carbonyl (C=O) groups excluding carboxylic acids is 1. The Balaban J connectivity index is 1.80. The summed E-state index contributed by atoms with van der Waals surface area (Å²) in [6, 6.07) is 7.08. The van der Waals surface area contributed by atoms with Gasteiger partial charge in [-0.3, -0.25) is 4.79 Å². The van der Waals surface area contributed by atoms with Crippen LogP contribution >= 0.6 is 0 Å². The van der Waals surface area contributed by atoms with E-state index in [2.05, 4.69) is 5.16 Å². The maximum Gasteiger partial charge on any atom is 0.198 e. The van der Waals surface area contributed by atoms with E-state index in [-0.39, 0.29) is 11.7 Å². The third kappa shape index (κ3) is 2.46. The van der Waals surface area contributed by atoms with E-state index in [1.54, 1.807) is 35.0 Å². The van der Waals surface area contributed by atoms with E-state index in [4.69, 9.17) is 4.52 Å². The molecule has 0 N–H and O–H groups in total. The molecule has 1 saturated carbocycles. The standard InChI is InChI=1S/C16H14N2O4S/c19-15(13-8-17-22-16(13)10-4-5-10)12-2-1-3-14-11(12)6-7-18(14)9-23(20)21/h1-3,6-8,10,23H,4-5,9H2. The van der Waals surface area contributed by atoms with Crippen LogP contribution in [0.1, 0.15) is 40.4 Å². The fourth-order valence-electron chi connectivity index (χ4n) is 2.87. The minimum atomic E-state index is -2.54. The van der Waals surface area contributed by atoms with Gasteiger partial charge in [0.25, 0.3) is 0 Å². The molecule has 118 valence electrons. The highest BCUT2D eigenvalue weighted by molar-refractivity contribution is 7.71. The molecule has 1 aliphatic rings. The van der Waals surface area contributed by atoms with E-state index in [9.17, 15) is 13.2 Å². The lowest BCUT2D eigenvalue weighted by atomic mass is 9.99. The van der Waals surface area contributed by atoms with Gasteiger partial charge in [0.05, 0.1) is 11.8 Å². The summed E-state index contributed by atoms with van der Waals surface area (Å²) in [6.45, 7) is 0. The smallest absolute Gasteiger partial charge is 0.198 e. The van der Waals surface area contributed by atoms with Crippen molar-refractivity contribution >= 4 is 27.4 Å². The molecule has 2 aromatic heterocycles. The fourth-order valence-corrected chi connectivity index (χ4v) is 3.37. The Hall–Kier alpha value is -2.41. The van der Waals surface area contributed by atoms with Crippen molar-refractivity contribution in [3.05, 3.63) is 53.5 Å². The van der Waals surface area contributed by atoms with Gasteiger partial charge in [-0.05, 0) is 25.0 Å². The predicted octanol–water partition coefficient (Wildman–Crippen LogP) is 2.31. The zero-order chi connectivity index (χ0) is 16.0. The molecule has 1 fully saturated rings. The molecule has 0 atom stereocenters. The van der Waals surface area contributed by atoms with Gasteiger partial charge in [-0.25, -0.2) is 8.42 Å². The van der Waals surface area contributed by atoms with Crippen LogP contribution in [0.3, 0.4) is 0 Å². The first-order valence-corrected chi connectivity index (χ1v) is 8.70. The second-order valence-corrected chi connectivity index (χ2v) is 6.65. The van der Waals surface area contributed by atoms with Crippen LogP contribution in [-0.4, -0.2) is 23.9 Å². The van der Waals surface area contributed by atoms with Crippen LogP contribution in [0.2, 0.25) is 0 Å². The molecule has 2 heterocycles. The molecule has 4 rings (SSSR count). The summed E-state index contributed by atoms with van der Waals surface area (Å²) < 4.78 is 28.8. The number of ketones is 1. The van der Waals surface area contributed by atoms with E-state index >= 15 is 0 Å². The van der Waals surface area contributed by atoms with Crippen molar-refractivity contribution < 1.29 is 17.7 Å². The Bertz CT molecular complexity index is 971. The van der Waals surface area contributed by atoms with Crippen molar-refractivity contribution in [3.8, 4) is 0 Å². The number of fused-ring (bicyclic) bond motifs is 1. The molecule has 6 nitrogen and oxygen atoms in total. The Morgan fingerprint density at radius 2 is 2.09 bits per heavy atom. The molecule has 23 heavy (non-hydrogen) atoms. The maximum absolute atomic E-state index is 12.9. The van der Waals surface area contributed by atoms with Gasteiger partial charge in [0.2, 0.25) is 0 Å². The molecule has 3 aromatic rings. The summed E-state index contributed by atoms with van der Waals surface area (Å²) in [4.78, 5) is 12.9. The topological polar surface area (TPSA) is 82.2 Å². The molecular weight excluding hydrogens is 316 g/mol. The zero-order valence-electron chi connectivity index (χ0n) is 12.1. The third-order valence-electron chi connectivity index (χ3n) is 4.12. The number of hydrogen-bond donors (Lipinski definition) is 1. The SMILES string of the molecule is O=C(c1cnoc1C1CC1)c1cccc2c1ccn2C[SH](=O)=O. The largest absolute Gasteiger partial charge is 0.360 e. The summed E-state index contributed by atoms with van der Waals surface area (Å²) >= 11 is 0. The Kier molecular flexibility index (Phi) is 3.30. The van der Waals surface area contributed by atoms with E-state index < -0.39 is 10.7 Å². The number of hydrogen-bond acceptors (Lipinski definition) is 5. The molecule has 0 radical (unpaired) electrons. The van der Waals surface area contributed by atoms with Crippen LogP contribution in [0, 0.1) is 0 Å². The molecule has 0 amide bonds. The first-order valence-electron chi connectivity index (χ1n) is 7.34. The van der Waals surface area contributed by atoms with E-state index in [0.717, 1.165) is 23.7 Å². The summed E-state index contributed by atoms with van der Waals surface area (Å²) in [5.41, 5.74) is 1.76. The minimum Gasteiger partial charge on any atom is -0.360 e. The molecular formula is C16H14N2O4S. The molecule has 1 aromatic carbocycles. The van der Waals surface area contributed by atoms with Crippen molar-refractivity contribution in [2.45, 2.75) is 24.6 Å². The van der Waals surface area contributed by atoms with Crippen molar-refractivity contribution in [2.75, 3.05) is 0 Å². The van der Waals surface area contributed by atoms with Crippen LogP contribution in [0.15, 0.2) is 41.2 Å². The number of rotatable bonds is 5. The number of benzene rings is 1. The van der Waals surface area contributed by atoms with Crippen molar-refractivity contribution in [1.82, 2.24) is 9.72 Å². The van der Waals surface area contributed by atoms with Gasteiger partial charge in [0, 0.05) is 28.6 Å². The van der Waals surface area contributed by atoms with Crippen LogP contribution in [0.4, 0.5) is 0 Å². The number of nitrogens with zero attached hydrogens (tertiary/aromatic N) is 2. The third-order valence-corrected chi connectivity index (χ3v) is 4.65. The Morgan fingerprint density at radius 3 is 2.83 bits per heavy atom. The molecule has 0 saturated heterocycles. The Morgan fingerprint density at radius 1 is 1.26 bits per heavy atom. The second-order valence-electron chi connectivity index (χ2n) is 5.71. The van der Waals surface area contributed by atoms with E-state index in [1.807, 2.05) is 0 Å². The van der Waals surface area contributed by atoms with Gasteiger partial charge < -0.3 is 9.09 Å². The lowest BCUT2D eigenvalue weighted by Gasteiger charge is -2.04. The molecule has 1 aliphatic carbocycles. The lowest BCUT2D eigenvalue weighted by molar-refractivity contribution is 0.103. The van der Waals surface area contributed by atoms with Gasteiger partial charge >= 0.3 is 0 Å². The maximum atomic E-state index is 12.9. The van der Waals surface area contributed by atoms with Gasteiger partial charge in [-0.1, -0.05) is 17.3 Å². The Labute approximate surface area is 133 Å². The average molecular weight is 330 g/mol. The quantitative estimate of drug-likeness (QED) is 0.573. The summed E-state index contributed by atoms with van der Waals surface area (Å²) in [6.07, 6.45) is 5.20. The van der Waals surface area contributed by atoms with Crippen LogP contribution in [-0.2, 0) is 16.6 Å². The zero-order valence-corrected chi connectivity index (χ0v) is 13.0. The van der Waals surface area contributed by atoms with Crippen LogP contribution < -0.4 is 0 Å². The number of thiol groups is 1. The monoisotopic (exact) mass is 330 g/mol. The highest BCUT2D eigenvalue weighted by Gasteiger charge is 2.33. The first kappa shape index (κ1) is 14.2. The molecule has 0 aliphatic heterocycles. The highest BCUT2D eigenvalue weighted by Crippen LogP contribution is 2.42.